The molecule has 40 heavy (non-hydrogen) atoms. The number of nitrogens with zero attached hydrogens (tertiary/aromatic N) is 4. The van der Waals surface area contributed by atoms with Crippen molar-refractivity contribution in [3.05, 3.63) is 78.1 Å². The van der Waals surface area contributed by atoms with Crippen LogP contribution in [0.1, 0.15) is 23.0 Å². The molecular formula is C28H32N4O6S2. The Bertz CT molecular complexity index is 1500. The molecule has 0 atom stereocenters. The zero-order chi connectivity index (χ0) is 28.5. The molecule has 2 heterocycles. The van der Waals surface area contributed by atoms with Gasteiger partial charge in [-0.2, -0.15) is 4.31 Å². The maximum atomic E-state index is 13.8. The van der Waals surface area contributed by atoms with Crippen LogP contribution in [0.5, 0.6) is 5.75 Å². The molecule has 0 aliphatic heterocycles. The molecule has 4 aromatic rings. The molecule has 0 saturated heterocycles. The van der Waals surface area contributed by atoms with Crippen molar-refractivity contribution in [2.24, 2.45) is 0 Å². The van der Waals surface area contributed by atoms with Gasteiger partial charge in [-0.25, -0.2) is 13.4 Å². The van der Waals surface area contributed by atoms with Gasteiger partial charge in [-0.15, -0.1) is 0 Å². The van der Waals surface area contributed by atoms with Gasteiger partial charge in [0, 0.05) is 39.1 Å². The highest BCUT2D eigenvalue weighted by molar-refractivity contribution is 7.89. The van der Waals surface area contributed by atoms with E-state index in [2.05, 4.69) is 4.98 Å². The van der Waals surface area contributed by atoms with Crippen molar-refractivity contribution in [1.82, 2.24) is 14.3 Å². The molecule has 0 N–H and O–H groups in total. The zero-order valence-corrected chi connectivity index (χ0v) is 24.3. The van der Waals surface area contributed by atoms with Crippen molar-refractivity contribution < 1.29 is 27.4 Å². The Hall–Kier alpha value is -3.42. The number of thiazole rings is 1. The van der Waals surface area contributed by atoms with Crippen LogP contribution in [0.2, 0.25) is 0 Å². The lowest BCUT2D eigenvalue weighted by Crippen LogP contribution is -2.36. The van der Waals surface area contributed by atoms with Gasteiger partial charge in [0.2, 0.25) is 10.0 Å². The number of ether oxygens (including phenoxy) is 3. The van der Waals surface area contributed by atoms with Crippen molar-refractivity contribution in [1.29, 1.82) is 0 Å². The minimum atomic E-state index is -3.82. The molecule has 0 unspecified atom stereocenters. The number of benzene rings is 2. The minimum Gasteiger partial charge on any atom is -0.494 e. The Labute approximate surface area is 238 Å². The van der Waals surface area contributed by atoms with Gasteiger partial charge in [0.25, 0.3) is 5.91 Å². The lowest BCUT2D eigenvalue weighted by molar-refractivity contribution is 0.0984. The molecule has 0 aliphatic rings. The normalized spacial score (nSPS) is 11.7. The minimum absolute atomic E-state index is 0.0796. The van der Waals surface area contributed by atoms with Crippen LogP contribution in [-0.2, 0) is 26.0 Å². The first-order valence-electron chi connectivity index (χ1n) is 12.7. The first-order chi connectivity index (χ1) is 19.4. The molecule has 4 rings (SSSR count). The highest BCUT2D eigenvalue weighted by Crippen LogP contribution is 2.33. The van der Waals surface area contributed by atoms with E-state index in [4.69, 9.17) is 19.2 Å². The van der Waals surface area contributed by atoms with Crippen molar-refractivity contribution in [3.63, 3.8) is 0 Å². The van der Waals surface area contributed by atoms with Crippen LogP contribution in [-0.4, -0.2) is 75.7 Å². The summed E-state index contributed by atoms with van der Waals surface area (Å²) < 4.78 is 44.5. The maximum absolute atomic E-state index is 13.8. The predicted octanol–water partition coefficient (Wildman–Crippen LogP) is 4.22. The van der Waals surface area contributed by atoms with E-state index in [-0.39, 0.29) is 43.7 Å². The number of carbonyl (C=O) groups is 1. The zero-order valence-electron chi connectivity index (χ0n) is 22.6. The molecule has 10 nitrogen and oxygen atoms in total. The van der Waals surface area contributed by atoms with E-state index < -0.39 is 10.0 Å². The topological polar surface area (TPSA) is 111 Å². The van der Waals surface area contributed by atoms with Gasteiger partial charge in [0.1, 0.15) is 5.75 Å². The Balaban J connectivity index is 1.65. The molecule has 0 aliphatic carbocycles. The summed E-state index contributed by atoms with van der Waals surface area (Å²) >= 11 is 1.37. The summed E-state index contributed by atoms with van der Waals surface area (Å²) in [6.45, 7) is 3.52. The molecule has 0 bridgehead atoms. The van der Waals surface area contributed by atoms with Crippen molar-refractivity contribution in [2.45, 2.75) is 18.4 Å². The average molecular weight is 585 g/mol. The predicted molar refractivity (Wildman–Crippen MR) is 154 cm³/mol. The molecule has 1 amide bonds. The number of aromatic nitrogens is 2. The first kappa shape index (κ1) is 29.6. The number of pyridine rings is 1. The van der Waals surface area contributed by atoms with Gasteiger partial charge in [0.15, 0.2) is 5.13 Å². The van der Waals surface area contributed by atoms with Crippen LogP contribution in [0.25, 0.3) is 10.2 Å². The Morgan fingerprint density at radius 3 is 2.33 bits per heavy atom. The number of fused-ring (bicyclic) bond motifs is 1. The third kappa shape index (κ3) is 7.01. The van der Waals surface area contributed by atoms with Crippen molar-refractivity contribution in [3.8, 4) is 5.75 Å². The van der Waals surface area contributed by atoms with Gasteiger partial charge < -0.3 is 14.2 Å². The second-order valence-electron chi connectivity index (χ2n) is 8.69. The fraction of sp³-hybridized carbons (Fsp3) is 0.321. The lowest BCUT2D eigenvalue weighted by atomic mass is 10.2. The van der Waals surface area contributed by atoms with E-state index in [1.165, 1.54) is 54.1 Å². The first-order valence-corrected chi connectivity index (χ1v) is 15.0. The van der Waals surface area contributed by atoms with Crippen molar-refractivity contribution >= 4 is 42.6 Å². The molecule has 2 aromatic heterocycles. The highest BCUT2D eigenvalue weighted by Gasteiger charge is 2.26. The van der Waals surface area contributed by atoms with Crippen LogP contribution < -0.4 is 9.64 Å². The fourth-order valence-electron chi connectivity index (χ4n) is 3.96. The number of carbonyl (C=O) groups excluding carboxylic acids is 1. The van der Waals surface area contributed by atoms with E-state index in [1.807, 2.05) is 43.3 Å². The highest BCUT2D eigenvalue weighted by atomic mass is 32.2. The van der Waals surface area contributed by atoms with Crippen LogP contribution in [0.3, 0.4) is 0 Å². The molecule has 0 fully saturated rings. The van der Waals surface area contributed by atoms with Crippen LogP contribution in [0.15, 0.2) is 71.8 Å². The van der Waals surface area contributed by atoms with Crippen molar-refractivity contribution in [2.75, 3.05) is 52.0 Å². The largest absolute Gasteiger partial charge is 0.494 e. The van der Waals surface area contributed by atoms with Gasteiger partial charge in [0.05, 0.1) is 47.2 Å². The summed E-state index contributed by atoms with van der Waals surface area (Å²) in [6.07, 6.45) is 1.67. The number of methoxy groups -OCH3 is 2. The summed E-state index contributed by atoms with van der Waals surface area (Å²) in [5.74, 6) is 0.406. The van der Waals surface area contributed by atoms with Crippen LogP contribution in [0.4, 0.5) is 5.13 Å². The van der Waals surface area contributed by atoms with Gasteiger partial charge in [-0.3, -0.25) is 14.7 Å². The molecule has 2 aromatic carbocycles. The lowest BCUT2D eigenvalue weighted by Gasteiger charge is -2.22. The van der Waals surface area contributed by atoms with E-state index in [9.17, 15) is 13.2 Å². The second kappa shape index (κ2) is 13.8. The number of hydrogen-bond donors (Lipinski definition) is 0. The third-order valence-corrected chi connectivity index (χ3v) is 8.96. The smallest absolute Gasteiger partial charge is 0.260 e. The quantitative estimate of drug-likeness (QED) is 0.217. The average Bonchev–Trinajstić information content (AvgIpc) is 3.39. The van der Waals surface area contributed by atoms with Gasteiger partial charge in [-0.1, -0.05) is 17.4 Å². The Morgan fingerprint density at radius 1 is 0.975 bits per heavy atom. The van der Waals surface area contributed by atoms with Gasteiger partial charge in [-0.05, 0) is 61.5 Å². The number of amides is 1. The second-order valence-corrected chi connectivity index (χ2v) is 11.6. The molecule has 12 heteroatoms. The summed E-state index contributed by atoms with van der Waals surface area (Å²) in [5.41, 5.74) is 1.76. The molecule has 0 radical (unpaired) electrons. The Kier molecular flexibility index (Phi) is 10.2. The number of rotatable bonds is 14. The molecular weight excluding hydrogens is 552 g/mol. The van der Waals surface area contributed by atoms with E-state index in [1.54, 1.807) is 11.1 Å². The summed E-state index contributed by atoms with van der Waals surface area (Å²) in [7, 11) is -0.788. The number of hydrogen-bond acceptors (Lipinski definition) is 9. The summed E-state index contributed by atoms with van der Waals surface area (Å²) in [5, 5.41) is 0.501. The maximum Gasteiger partial charge on any atom is 0.260 e. The van der Waals surface area contributed by atoms with E-state index in [0.29, 0.717) is 23.0 Å². The number of sulfonamides is 1. The Morgan fingerprint density at radius 2 is 1.70 bits per heavy atom. The summed E-state index contributed by atoms with van der Waals surface area (Å²) in [4.78, 5) is 24.5. The van der Waals surface area contributed by atoms with E-state index in [0.717, 1.165) is 16.0 Å². The van der Waals surface area contributed by atoms with Gasteiger partial charge >= 0.3 is 0 Å². The molecule has 0 saturated carbocycles. The van der Waals surface area contributed by atoms with Crippen LogP contribution >= 0.6 is 11.3 Å². The monoisotopic (exact) mass is 584 g/mol. The van der Waals surface area contributed by atoms with Crippen LogP contribution in [0, 0.1) is 0 Å². The summed E-state index contributed by atoms with van der Waals surface area (Å²) in [6, 6.07) is 17.1. The number of anilines is 1. The molecule has 212 valence electrons. The van der Waals surface area contributed by atoms with E-state index >= 15 is 0 Å². The SMILES string of the molecule is CCOc1ccc2nc(N(Cc3ccccn3)C(=O)c3ccc(S(=O)(=O)N(CCOC)CCOC)cc3)sc2c1. The fourth-order valence-corrected chi connectivity index (χ4v) is 6.36. The molecule has 0 spiro atoms. The standard InChI is InChI=1S/C28H32N4O6S2/c1-4-38-23-10-13-25-26(19-23)39-28(30-25)32(20-22-7-5-6-14-29-22)27(33)21-8-11-24(12-9-21)40(34,35)31(15-17-36-2)16-18-37-3/h5-14,19H,4,15-18,20H2,1-3H3. The third-order valence-electron chi connectivity index (χ3n) is 6.01.